The Kier molecular flexibility index (Phi) is 5.61. The lowest BCUT2D eigenvalue weighted by Gasteiger charge is -2.31. The number of carboxylic acid groups (broad SMARTS) is 1. The van der Waals surface area contributed by atoms with Crippen molar-refractivity contribution in [3.63, 3.8) is 0 Å². The molecule has 1 fully saturated rings. The van der Waals surface area contributed by atoms with Crippen LogP contribution in [0.3, 0.4) is 0 Å². The number of rotatable bonds is 6. The van der Waals surface area contributed by atoms with Crippen LogP contribution in [-0.2, 0) is 4.79 Å². The summed E-state index contributed by atoms with van der Waals surface area (Å²) in [6, 6.07) is 21.5. The Morgan fingerprint density at radius 1 is 1.00 bits per heavy atom. The highest BCUT2D eigenvalue weighted by Crippen LogP contribution is 2.45. The van der Waals surface area contributed by atoms with Crippen LogP contribution < -0.4 is 0 Å². The number of carboxylic acids is 1. The molecule has 1 heterocycles. The summed E-state index contributed by atoms with van der Waals surface area (Å²) in [6.45, 7) is 0. The fourth-order valence-corrected chi connectivity index (χ4v) is 4.46. The number of fused-ring (bicyclic) bond motifs is 1. The van der Waals surface area contributed by atoms with Crippen molar-refractivity contribution < 1.29 is 14.3 Å². The van der Waals surface area contributed by atoms with Gasteiger partial charge in [-0.1, -0.05) is 61.0 Å². The minimum Gasteiger partial charge on any atom is -0.478 e. The molecule has 4 aromatic rings. The molecule has 33 heavy (non-hydrogen) atoms. The van der Waals surface area contributed by atoms with E-state index in [0.717, 1.165) is 53.2 Å². The van der Waals surface area contributed by atoms with Crippen LogP contribution in [0.2, 0.25) is 0 Å². The third kappa shape index (κ3) is 4.10. The van der Waals surface area contributed by atoms with Gasteiger partial charge in [0.25, 0.3) is 0 Å². The van der Waals surface area contributed by atoms with Crippen LogP contribution in [0, 0.1) is 11.7 Å². The molecule has 4 nitrogen and oxygen atoms in total. The van der Waals surface area contributed by atoms with Gasteiger partial charge in [0.2, 0.25) is 0 Å². The number of aliphatic carboxylic acids is 1. The molecule has 2 N–H and O–H groups in total. The number of aromatic nitrogens is 2. The maximum absolute atomic E-state index is 15.8. The van der Waals surface area contributed by atoms with Crippen molar-refractivity contribution in [1.82, 2.24) is 10.2 Å². The Morgan fingerprint density at radius 3 is 2.42 bits per heavy atom. The van der Waals surface area contributed by atoms with E-state index >= 15 is 4.39 Å². The van der Waals surface area contributed by atoms with Gasteiger partial charge in [0.05, 0.1) is 17.1 Å². The second-order valence-corrected chi connectivity index (χ2v) is 8.33. The first-order valence-electron chi connectivity index (χ1n) is 11.0. The number of H-pyrrole nitrogens is 1. The molecule has 0 atom stereocenters. The minimum atomic E-state index is -0.994. The largest absolute Gasteiger partial charge is 0.478 e. The minimum absolute atomic E-state index is 0.293. The highest BCUT2D eigenvalue weighted by Gasteiger charge is 2.28. The van der Waals surface area contributed by atoms with Crippen molar-refractivity contribution in [2.75, 3.05) is 0 Å². The van der Waals surface area contributed by atoms with E-state index in [-0.39, 0.29) is 5.82 Å². The van der Waals surface area contributed by atoms with Gasteiger partial charge in [-0.15, -0.1) is 0 Å². The number of hydrogen-bond donors (Lipinski definition) is 2. The zero-order valence-corrected chi connectivity index (χ0v) is 18.0. The SMILES string of the molecule is O=C(O)/C=C/c1ccc(/C(=C(\c2ccccc2)C2CCC2)c2ccc3[nH]ncc3c2F)cc1. The number of benzene rings is 3. The van der Waals surface area contributed by atoms with Gasteiger partial charge in [0.15, 0.2) is 0 Å². The van der Waals surface area contributed by atoms with E-state index in [0.29, 0.717) is 22.4 Å². The molecule has 0 saturated heterocycles. The summed E-state index contributed by atoms with van der Waals surface area (Å²) in [5.41, 5.74) is 6.00. The van der Waals surface area contributed by atoms with Gasteiger partial charge in [-0.05, 0) is 64.8 Å². The molecule has 5 rings (SSSR count). The molecule has 1 aliphatic rings. The first-order valence-corrected chi connectivity index (χ1v) is 11.0. The monoisotopic (exact) mass is 438 g/mol. The average Bonchev–Trinajstić information content (AvgIpc) is 3.28. The topological polar surface area (TPSA) is 66.0 Å². The lowest BCUT2D eigenvalue weighted by Crippen LogP contribution is -2.15. The van der Waals surface area contributed by atoms with Gasteiger partial charge in [0, 0.05) is 11.6 Å². The van der Waals surface area contributed by atoms with Crippen LogP contribution in [0.5, 0.6) is 0 Å². The van der Waals surface area contributed by atoms with Crippen LogP contribution in [0.25, 0.3) is 28.1 Å². The summed E-state index contributed by atoms with van der Waals surface area (Å²) in [5.74, 6) is -0.932. The van der Waals surface area contributed by atoms with E-state index in [4.69, 9.17) is 5.11 Å². The predicted octanol–water partition coefficient (Wildman–Crippen LogP) is 6.56. The molecule has 0 amide bonds. The van der Waals surface area contributed by atoms with E-state index in [1.165, 1.54) is 6.20 Å². The van der Waals surface area contributed by atoms with Gasteiger partial charge in [-0.2, -0.15) is 5.10 Å². The Bertz CT molecular complexity index is 1360. The third-order valence-corrected chi connectivity index (χ3v) is 6.31. The van der Waals surface area contributed by atoms with Crippen LogP contribution in [-0.4, -0.2) is 21.3 Å². The molecule has 3 aromatic carbocycles. The Balaban J connectivity index is 1.75. The second kappa shape index (κ2) is 8.87. The number of allylic oxidation sites excluding steroid dienone is 1. The van der Waals surface area contributed by atoms with Crippen molar-refractivity contribution in [2.24, 2.45) is 5.92 Å². The van der Waals surface area contributed by atoms with Crippen molar-refractivity contribution in [3.05, 3.63) is 107 Å². The standard InChI is InChI=1S/C28H23FN2O2/c29-28-22(14-15-24-23(28)17-30-31-24)27(21-12-9-18(10-13-21)11-16-25(32)33)26(20-7-4-8-20)19-5-2-1-3-6-19/h1-3,5-6,9-17,20H,4,7-8H2,(H,30,31)(H,32,33)/b16-11+,27-26-. The molecule has 0 spiro atoms. The number of nitrogens with one attached hydrogen (secondary N) is 1. The maximum atomic E-state index is 15.8. The highest BCUT2D eigenvalue weighted by atomic mass is 19.1. The number of halogens is 1. The van der Waals surface area contributed by atoms with Gasteiger partial charge in [-0.3, -0.25) is 5.10 Å². The molecule has 164 valence electrons. The van der Waals surface area contributed by atoms with Gasteiger partial charge < -0.3 is 5.11 Å². The fraction of sp³-hybridized carbons (Fsp3) is 0.143. The summed E-state index contributed by atoms with van der Waals surface area (Å²) >= 11 is 0. The summed E-state index contributed by atoms with van der Waals surface area (Å²) in [5, 5.41) is 16.2. The molecule has 0 unspecified atom stereocenters. The summed E-state index contributed by atoms with van der Waals surface area (Å²) in [7, 11) is 0. The first-order chi connectivity index (χ1) is 16.1. The summed E-state index contributed by atoms with van der Waals surface area (Å²) < 4.78 is 15.8. The lowest BCUT2D eigenvalue weighted by atomic mass is 9.73. The van der Waals surface area contributed by atoms with E-state index in [1.54, 1.807) is 6.08 Å². The van der Waals surface area contributed by atoms with E-state index in [2.05, 4.69) is 22.3 Å². The maximum Gasteiger partial charge on any atom is 0.328 e. The molecular formula is C28H23FN2O2. The molecule has 5 heteroatoms. The Morgan fingerprint density at radius 2 is 1.76 bits per heavy atom. The average molecular weight is 439 g/mol. The predicted molar refractivity (Wildman–Crippen MR) is 129 cm³/mol. The van der Waals surface area contributed by atoms with Gasteiger partial charge in [-0.25, -0.2) is 9.18 Å². The Labute approximate surface area is 191 Å². The van der Waals surface area contributed by atoms with Gasteiger partial charge >= 0.3 is 5.97 Å². The zero-order chi connectivity index (χ0) is 22.8. The smallest absolute Gasteiger partial charge is 0.328 e. The van der Waals surface area contributed by atoms with Crippen molar-refractivity contribution >= 4 is 34.1 Å². The molecule has 0 radical (unpaired) electrons. The van der Waals surface area contributed by atoms with Crippen LogP contribution in [0.15, 0.2) is 79.0 Å². The van der Waals surface area contributed by atoms with E-state index in [1.807, 2.05) is 54.6 Å². The van der Waals surface area contributed by atoms with Crippen LogP contribution in [0.4, 0.5) is 4.39 Å². The number of hydrogen-bond acceptors (Lipinski definition) is 2. The third-order valence-electron chi connectivity index (χ3n) is 6.31. The van der Waals surface area contributed by atoms with Crippen LogP contribution in [0.1, 0.15) is 41.5 Å². The number of carbonyl (C=O) groups is 1. The second-order valence-electron chi connectivity index (χ2n) is 8.33. The van der Waals surface area contributed by atoms with Crippen LogP contribution >= 0.6 is 0 Å². The summed E-state index contributed by atoms with van der Waals surface area (Å²) in [6.07, 6.45) is 7.50. The van der Waals surface area contributed by atoms with E-state index < -0.39 is 5.97 Å². The number of nitrogens with zero attached hydrogens (tertiary/aromatic N) is 1. The molecule has 1 aromatic heterocycles. The van der Waals surface area contributed by atoms with Crippen molar-refractivity contribution in [3.8, 4) is 0 Å². The van der Waals surface area contributed by atoms with E-state index in [9.17, 15) is 4.79 Å². The first kappa shape index (κ1) is 20.9. The highest BCUT2D eigenvalue weighted by molar-refractivity contribution is 6.01. The van der Waals surface area contributed by atoms with Gasteiger partial charge in [0.1, 0.15) is 5.82 Å². The fourth-order valence-electron chi connectivity index (χ4n) is 4.46. The molecule has 1 saturated carbocycles. The normalized spacial score (nSPS) is 14.9. The summed E-state index contributed by atoms with van der Waals surface area (Å²) in [4.78, 5) is 10.9. The lowest BCUT2D eigenvalue weighted by molar-refractivity contribution is -0.131. The van der Waals surface area contributed by atoms with Crippen molar-refractivity contribution in [1.29, 1.82) is 0 Å². The molecular weight excluding hydrogens is 415 g/mol. The molecule has 0 bridgehead atoms. The quantitative estimate of drug-likeness (QED) is 0.265. The molecule has 0 aliphatic heterocycles. The Hall–Kier alpha value is -3.99. The van der Waals surface area contributed by atoms with Crippen molar-refractivity contribution in [2.45, 2.75) is 19.3 Å². The molecule has 1 aliphatic carbocycles. The number of aromatic amines is 1. The zero-order valence-electron chi connectivity index (χ0n) is 18.0.